The van der Waals surface area contributed by atoms with Crippen molar-refractivity contribution in [2.24, 2.45) is 17.8 Å². The van der Waals surface area contributed by atoms with E-state index < -0.39 is 105 Å². The van der Waals surface area contributed by atoms with E-state index in [1.54, 1.807) is 6.08 Å². The van der Waals surface area contributed by atoms with Gasteiger partial charge in [0.25, 0.3) is 11.8 Å². The van der Waals surface area contributed by atoms with E-state index in [0.29, 0.717) is 0 Å². The van der Waals surface area contributed by atoms with Crippen LogP contribution in [0.15, 0.2) is 28.2 Å². The van der Waals surface area contributed by atoms with Crippen molar-refractivity contribution in [3.05, 3.63) is 64.4 Å². The number of hydrogen-bond donors (Lipinski definition) is 1. The zero-order valence-corrected chi connectivity index (χ0v) is 22.2. The Morgan fingerprint density at radius 1 is 0.927 bits per heavy atom. The second-order valence-electron chi connectivity index (χ2n) is 10.4. The van der Waals surface area contributed by atoms with Crippen molar-refractivity contribution in [2.45, 2.75) is 35.1 Å². The number of imide groups is 2. The van der Waals surface area contributed by atoms with Crippen molar-refractivity contribution < 1.29 is 50.7 Å². The maximum Gasteiger partial charge on any atom is 0.258 e. The molecule has 2 saturated heterocycles. The van der Waals surface area contributed by atoms with Crippen molar-refractivity contribution in [1.82, 2.24) is 4.90 Å². The quantitative estimate of drug-likeness (QED) is 0.140. The summed E-state index contributed by atoms with van der Waals surface area (Å²) in [6.45, 7) is -0.595. The average Bonchev–Trinajstić information content (AvgIpc) is 3.55. The smallest absolute Gasteiger partial charge is 0.258 e. The normalized spacial score (nSPS) is 32.9. The van der Waals surface area contributed by atoms with Gasteiger partial charge in [-0.25, -0.2) is 26.9 Å². The van der Waals surface area contributed by atoms with E-state index in [-0.39, 0.29) is 28.4 Å². The molecular formula is C26H17Cl2F5N2O6. The standard InChI is InChI=1S/C26H17Cl2F5N2O6/c1-34-21(37)10-4-3-9-11(13(10)22(34)38)6-25(27)23(39)35(20-18(32)16(30)15(29)17(31)19(20)33)24(40)26(25,28)14(9)12-5-2-8(7-36)41-12/h2-3,5,10-11,13-14,36H,4,6-7H2,1H3/t10-,11+,13-,14+,25+,26-/m0/s1. The van der Waals surface area contributed by atoms with Gasteiger partial charge in [0.05, 0.1) is 17.8 Å². The molecule has 2 aliphatic carbocycles. The maximum atomic E-state index is 14.9. The van der Waals surface area contributed by atoms with Crippen LogP contribution in [0.1, 0.15) is 30.3 Å². The number of aliphatic hydroxyl groups excluding tert-OH is 1. The molecular weight excluding hydrogens is 602 g/mol. The summed E-state index contributed by atoms with van der Waals surface area (Å²) in [5, 5.41) is 9.55. The Bertz CT molecular complexity index is 1600. The largest absolute Gasteiger partial charge is 0.463 e. The number of hydrogen-bond acceptors (Lipinski definition) is 6. The second kappa shape index (κ2) is 8.85. The number of anilines is 1. The number of carbonyl (C=O) groups excluding carboxylic acids is 4. The Kier molecular flexibility index (Phi) is 6.02. The minimum absolute atomic E-state index is 0.00269. The summed E-state index contributed by atoms with van der Waals surface area (Å²) >= 11 is 13.8. The number of amides is 4. The van der Waals surface area contributed by atoms with Crippen LogP contribution < -0.4 is 4.90 Å². The summed E-state index contributed by atoms with van der Waals surface area (Å²) in [6.07, 6.45) is 0.973. The highest BCUT2D eigenvalue weighted by atomic mass is 35.5. The number of likely N-dealkylation sites (tertiary alicyclic amines) is 1. The summed E-state index contributed by atoms with van der Waals surface area (Å²) in [7, 11) is 1.28. The molecule has 0 spiro atoms. The lowest BCUT2D eigenvalue weighted by molar-refractivity contribution is -0.138. The van der Waals surface area contributed by atoms with Crippen LogP contribution in [0.5, 0.6) is 0 Å². The average molecular weight is 619 g/mol. The lowest BCUT2D eigenvalue weighted by Crippen LogP contribution is -2.60. The van der Waals surface area contributed by atoms with E-state index in [2.05, 4.69) is 0 Å². The Morgan fingerprint density at radius 3 is 2.12 bits per heavy atom. The topological polar surface area (TPSA) is 108 Å². The van der Waals surface area contributed by atoms with E-state index in [0.717, 1.165) is 4.90 Å². The molecule has 2 aromatic rings. The van der Waals surface area contributed by atoms with Gasteiger partial charge >= 0.3 is 0 Å². The molecule has 1 saturated carbocycles. The fourth-order valence-electron chi connectivity index (χ4n) is 6.67. The minimum Gasteiger partial charge on any atom is -0.463 e. The van der Waals surface area contributed by atoms with E-state index in [1.165, 1.54) is 19.2 Å². The van der Waals surface area contributed by atoms with Crippen LogP contribution in [0.2, 0.25) is 0 Å². The van der Waals surface area contributed by atoms with Crippen molar-refractivity contribution in [3.63, 3.8) is 0 Å². The lowest BCUT2D eigenvalue weighted by atomic mass is 9.57. The number of alkyl halides is 2. The molecule has 8 nitrogen and oxygen atoms in total. The highest BCUT2D eigenvalue weighted by Crippen LogP contribution is 2.66. The third kappa shape index (κ3) is 3.25. The predicted octanol–water partition coefficient (Wildman–Crippen LogP) is 3.66. The van der Waals surface area contributed by atoms with Gasteiger partial charge < -0.3 is 9.52 Å². The van der Waals surface area contributed by atoms with E-state index in [9.17, 15) is 46.2 Å². The molecule has 3 heterocycles. The van der Waals surface area contributed by atoms with Crippen LogP contribution in [0.25, 0.3) is 0 Å². The fourth-order valence-corrected chi connectivity index (χ4v) is 7.59. The van der Waals surface area contributed by atoms with Gasteiger partial charge in [0.15, 0.2) is 33.0 Å². The van der Waals surface area contributed by atoms with Gasteiger partial charge in [-0.1, -0.05) is 11.6 Å². The first kappa shape index (κ1) is 27.9. The maximum absolute atomic E-state index is 14.9. The van der Waals surface area contributed by atoms with Crippen LogP contribution in [0, 0.1) is 46.8 Å². The first-order valence-electron chi connectivity index (χ1n) is 12.2. The van der Waals surface area contributed by atoms with Gasteiger partial charge in [-0.15, -0.1) is 23.2 Å². The van der Waals surface area contributed by atoms with E-state index >= 15 is 0 Å². The zero-order chi connectivity index (χ0) is 29.9. The molecule has 6 atom stereocenters. The molecule has 0 radical (unpaired) electrons. The number of rotatable bonds is 3. The van der Waals surface area contributed by atoms with Gasteiger partial charge in [0.2, 0.25) is 17.6 Å². The SMILES string of the molecule is CN1C(=O)[C@H]2[C@H](CC=C3[C@H]2C[C@@]2(Cl)C(=O)N(c4c(F)c(F)c(F)c(F)c4F)C(=O)[C@@]2(Cl)[C@H]3c2ccc(CO)o2)C1=O. The van der Waals surface area contributed by atoms with Gasteiger partial charge in [-0.05, 0) is 30.9 Å². The summed E-state index contributed by atoms with van der Waals surface area (Å²) in [4.78, 5) is 49.2. The molecule has 3 fully saturated rings. The van der Waals surface area contributed by atoms with Crippen molar-refractivity contribution in [3.8, 4) is 0 Å². The number of fused-ring (bicyclic) bond motifs is 4. The fraction of sp³-hybridized carbons (Fsp3) is 0.385. The molecule has 216 valence electrons. The number of furan rings is 1. The third-order valence-corrected chi connectivity index (χ3v) is 9.98. The predicted molar refractivity (Wildman–Crippen MR) is 129 cm³/mol. The van der Waals surface area contributed by atoms with Gasteiger partial charge in [0.1, 0.15) is 23.8 Å². The Balaban J connectivity index is 1.60. The number of nitrogens with zero attached hydrogens (tertiary/aromatic N) is 2. The summed E-state index contributed by atoms with van der Waals surface area (Å²) < 4.78 is 77.6. The van der Waals surface area contributed by atoms with Gasteiger partial charge in [-0.3, -0.25) is 24.1 Å². The van der Waals surface area contributed by atoms with Crippen molar-refractivity contribution >= 4 is 52.5 Å². The lowest BCUT2D eigenvalue weighted by Gasteiger charge is -2.49. The Morgan fingerprint density at radius 2 is 1.54 bits per heavy atom. The van der Waals surface area contributed by atoms with Gasteiger partial charge in [-0.2, -0.15) is 0 Å². The van der Waals surface area contributed by atoms with Crippen LogP contribution in [0.3, 0.4) is 0 Å². The first-order chi connectivity index (χ1) is 19.2. The van der Waals surface area contributed by atoms with Crippen LogP contribution in [-0.4, -0.2) is 50.4 Å². The number of allylic oxidation sites excluding steroid dienone is 2. The molecule has 0 unspecified atom stereocenters. The van der Waals surface area contributed by atoms with E-state index in [4.69, 9.17) is 27.6 Å². The molecule has 2 aliphatic heterocycles. The summed E-state index contributed by atoms with van der Waals surface area (Å²) in [6, 6.07) is 2.63. The monoisotopic (exact) mass is 618 g/mol. The molecule has 1 aromatic heterocycles. The number of carbonyl (C=O) groups is 4. The molecule has 0 bridgehead atoms. The molecule has 4 amide bonds. The Labute approximate surface area is 237 Å². The molecule has 6 rings (SSSR count). The van der Waals surface area contributed by atoms with Crippen LogP contribution in [-0.2, 0) is 25.8 Å². The molecule has 15 heteroatoms. The molecule has 1 N–H and O–H groups in total. The van der Waals surface area contributed by atoms with E-state index in [1.807, 2.05) is 0 Å². The molecule has 1 aromatic carbocycles. The number of benzene rings is 1. The Hall–Kier alpha value is -3.29. The summed E-state index contributed by atoms with van der Waals surface area (Å²) in [5.41, 5.74) is -1.60. The van der Waals surface area contributed by atoms with Crippen molar-refractivity contribution in [2.75, 3.05) is 11.9 Å². The van der Waals surface area contributed by atoms with Crippen LogP contribution in [0.4, 0.5) is 27.6 Å². The summed E-state index contributed by atoms with van der Waals surface area (Å²) in [5.74, 6) is -21.1. The third-order valence-electron chi connectivity index (χ3n) is 8.56. The van der Waals surface area contributed by atoms with Crippen molar-refractivity contribution in [1.29, 1.82) is 0 Å². The first-order valence-corrected chi connectivity index (χ1v) is 13.0. The zero-order valence-electron chi connectivity index (χ0n) is 20.7. The second-order valence-corrected chi connectivity index (χ2v) is 11.6. The molecule has 41 heavy (non-hydrogen) atoms. The highest BCUT2D eigenvalue weighted by molar-refractivity contribution is 6.58. The van der Waals surface area contributed by atoms with Gasteiger partial charge in [0, 0.05) is 7.05 Å². The van der Waals surface area contributed by atoms with Crippen LogP contribution >= 0.6 is 23.2 Å². The highest BCUT2D eigenvalue weighted by Gasteiger charge is 2.77. The number of aliphatic hydroxyl groups is 1. The molecule has 4 aliphatic rings. The minimum atomic E-state index is -2.66. The number of halogens is 7.